The van der Waals surface area contributed by atoms with E-state index in [1.807, 2.05) is 6.92 Å². The Morgan fingerprint density at radius 1 is 1.17 bits per heavy atom. The number of nitrogens with zero attached hydrogens (tertiary/aromatic N) is 1. The third-order valence-corrected chi connectivity index (χ3v) is 5.03. The fourth-order valence-electron chi connectivity index (χ4n) is 3.76. The molecular weight excluding hydrogens is 224 g/mol. The van der Waals surface area contributed by atoms with Crippen LogP contribution in [0, 0.1) is 5.92 Å². The van der Waals surface area contributed by atoms with E-state index in [0.717, 1.165) is 31.1 Å². The van der Waals surface area contributed by atoms with Gasteiger partial charge in [0, 0.05) is 31.2 Å². The van der Waals surface area contributed by atoms with Crippen molar-refractivity contribution in [1.29, 1.82) is 0 Å². The van der Waals surface area contributed by atoms with Crippen LogP contribution in [0.1, 0.15) is 45.4 Å². The Kier molecular flexibility index (Phi) is 3.42. The number of hydrogen-bond donors (Lipinski definition) is 1. The van der Waals surface area contributed by atoms with Crippen molar-refractivity contribution in [3.05, 3.63) is 11.1 Å². The summed E-state index contributed by atoms with van der Waals surface area (Å²) in [6, 6.07) is 0.545. The monoisotopic (exact) mass is 248 g/mol. The largest absolute Gasteiger partial charge is 0.336 e. The molecule has 0 bridgehead atoms. The maximum atomic E-state index is 12.6. The molecule has 1 amide bonds. The Morgan fingerprint density at radius 3 is 2.61 bits per heavy atom. The van der Waals surface area contributed by atoms with Crippen molar-refractivity contribution >= 4 is 5.91 Å². The van der Waals surface area contributed by atoms with Crippen molar-refractivity contribution in [2.45, 2.75) is 51.5 Å². The van der Waals surface area contributed by atoms with Crippen molar-refractivity contribution in [3.63, 3.8) is 0 Å². The van der Waals surface area contributed by atoms with E-state index < -0.39 is 0 Å². The summed E-state index contributed by atoms with van der Waals surface area (Å²) in [4.78, 5) is 14.8. The summed E-state index contributed by atoms with van der Waals surface area (Å²) < 4.78 is 0. The molecule has 2 unspecified atom stereocenters. The number of piperidine rings is 1. The first-order chi connectivity index (χ1) is 8.77. The zero-order chi connectivity index (χ0) is 12.5. The molecule has 0 aromatic heterocycles. The molecule has 2 aliphatic heterocycles. The molecule has 3 heteroatoms. The smallest absolute Gasteiger partial charge is 0.249 e. The van der Waals surface area contributed by atoms with Crippen molar-refractivity contribution in [3.8, 4) is 0 Å². The number of nitrogens with one attached hydrogen (secondary N) is 1. The quantitative estimate of drug-likeness (QED) is 0.721. The van der Waals surface area contributed by atoms with Crippen molar-refractivity contribution in [1.82, 2.24) is 10.2 Å². The van der Waals surface area contributed by atoms with Gasteiger partial charge in [-0.25, -0.2) is 0 Å². The third kappa shape index (κ3) is 2.09. The molecule has 100 valence electrons. The Hall–Kier alpha value is -0.830. The predicted molar refractivity (Wildman–Crippen MR) is 72.3 cm³/mol. The number of carbonyl (C=O) groups excluding carboxylic acids is 1. The lowest BCUT2D eigenvalue weighted by molar-refractivity contribution is -0.133. The molecule has 0 radical (unpaired) electrons. The highest BCUT2D eigenvalue weighted by Crippen LogP contribution is 2.36. The van der Waals surface area contributed by atoms with Crippen LogP contribution in [0.3, 0.4) is 0 Å². The molecule has 3 rings (SSSR count). The maximum absolute atomic E-state index is 12.6. The third-order valence-electron chi connectivity index (χ3n) is 5.03. The minimum absolute atomic E-state index is 0.322. The summed E-state index contributed by atoms with van der Waals surface area (Å²) in [5.41, 5.74) is 2.33. The van der Waals surface area contributed by atoms with Gasteiger partial charge >= 0.3 is 0 Å². The summed E-state index contributed by atoms with van der Waals surface area (Å²) in [6.45, 7) is 4.84. The molecule has 3 aliphatic rings. The molecule has 2 saturated heterocycles. The van der Waals surface area contributed by atoms with Crippen LogP contribution in [-0.4, -0.2) is 36.5 Å². The number of amides is 1. The molecule has 1 aliphatic carbocycles. The van der Waals surface area contributed by atoms with Gasteiger partial charge in [-0.2, -0.15) is 0 Å². The standard InChI is InChI=1S/C15H24N2O/c1-11(13-9-16-10-13)15(18)17-8-4-6-12-5-2-3-7-14(12)17/h12,14,16H,2-10H2,1H3. The van der Waals surface area contributed by atoms with Crippen LogP contribution in [0.2, 0.25) is 0 Å². The lowest BCUT2D eigenvalue weighted by Gasteiger charge is -2.44. The van der Waals surface area contributed by atoms with Gasteiger partial charge in [0.25, 0.3) is 0 Å². The van der Waals surface area contributed by atoms with Gasteiger partial charge < -0.3 is 10.2 Å². The van der Waals surface area contributed by atoms with Crippen molar-refractivity contribution in [2.24, 2.45) is 5.92 Å². The summed E-state index contributed by atoms with van der Waals surface area (Å²) >= 11 is 0. The van der Waals surface area contributed by atoms with E-state index >= 15 is 0 Å². The van der Waals surface area contributed by atoms with Gasteiger partial charge in [0.05, 0.1) is 0 Å². The molecule has 18 heavy (non-hydrogen) atoms. The van der Waals surface area contributed by atoms with Crippen molar-refractivity contribution < 1.29 is 4.79 Å². The molecule has 3 nitrogen and oxygen atoms in total. The highest BCUT2D eigenvalue weighted by Gasteiger charge is 2.36. The normalized spacial score (nSPS) is 31.6. The summed E-state index contributed by atoms with van der Waals surface area (Å²) in [7, 11) is 0. The molecular formula is C15H24N2O. The Morgan fingerprint density at radius 2 is 1.89 bits per heavy atom. The molecule has 1 N–H and O–H groups in total. The van der Waals surface area contributed by atoms with E-state index in [1.54, 1.807) is 0 Å². The average molecular weight is 248 g/mol. The van der Waals surface area contributed by atoms with E-state index in [9.17, 15) is 4.79 Å². The van der Waals surface area contributed by atoms with Crippen LogP contribution < -0.4 is 5.32 Å². The van der Waals surface area contributed by atoms with Crippen LogP contribution in [-0.2, 0) is 4.79 Å². The lowest BCUT2D eigenvalue weighted by atomic mass is 9.78. The van der Waals surface area contributed by atoms with Gasteiger partial charge in [0.1, 0.15) is 0 Å². The summed E-state index contributed by atoms with van der Waals surface area (Å²) in [6.07, 6.45) is 7.79. The number of rotatable bonds is 1. The van der Waals surface area contributed by atoms with Gasteiger partial charge in [-0.3, -0.25) is 4.79 Å². The zero-order valence-electron chi connectivity index (χ0n) is 11.4. The number of hydrogen-bond acceptors (Lipinski definition) is 2. The van der Waals surface area contributed by atoms with E-state index in [1.165, 1.54) is 44.1 Å². The van der Waals surface area contributed by atoms with Crippen LogP contribution in [0.5, 0.6) is 0 Å². The highest BCUT2D eigenvalue weighted by molar-refractivity contribution is 5.94. The van der Waals surface area contributed by atoms with Gasteiger partial charge in [-0.15, -0.1) is 0 Å². The van der Waals surface area contributed by atoms with Gasteiger partial charge in [0.15, 0.2) is 0 Å². The van der Waals surface area contributed by atoms with E-state index in [2.05, 4.69) is 10.2 Å². The molecule has 2 heterocycles. The average Bonchev–Trinajstić information content (AvgIpc) is 2.35. The van der Waals surface area contributed by atoms with Crippen LogP contribution in [0.25, 0.3) is 0 Å². The highest BCUT2D eigenvalue weighted by atomic mass is 16.2. The van der Waals surface area contributed by atoms with Crippen molar-refractivity contribution in [2.75, 3.05) is 19.6 Å². The van der Waals surface area contributed by atoms with Crippen LogP contribution >= 0.6 is 0 Å². The second-order valence-electron chi connectivity index (χ2n) is 6.08. The predicted octanol–water partition coefficient (Wildman–Crippen LogP) is 2.09. The minimum atomic E-state index is 0.322. The zero-order valence-corrected chi connectivity index (χ0v) is 11.4. The fraction of sp³-hybridized carbons (Fsp3) is 0.800. The topological polar surface area (TPSA) is 32.3 Å². The lowest BCUT2D eigenvalue weighted by Crippen LogP contribution is -2.50. The van der Waals surface area contributed by atoms with E-state index in [-0.39, 0.29) is 0 Å². The second-order valence-corrected chi connectivity index (χ2v) is 6.08. The molecule has 0 aromatic carbocycles. The summed E-state index contributed by atoms with van der Waals surface area (Å²) in [5.74, 6) is 1.11. The van der Waals surface area contributed by atoms with Gasteiger partial charge in [-0.05, 0) is 44.1 Å². The second kappa shape index (κ2) is 5.04. The van der Waals surface area contributed by atoms with E-state index in [4.69, 9.17) is 0 Å². The number of likely N-dealkylation sites (tertiary alicyclic amines) is 1. The minimum Gasteiger partial charge on any atom is -0.336 e. The number of carbonyl (C=O) groups is 1. The van der Waals surface area contributed by atoms with E-state index in [0.29, 0.717) is 11.9 Å². The fourth-order valence-corrected chi connectivity index (χ4v) is 3.76. The molecule has 0 aromatic rings. The van der Waals surface area contributed by atoms with Gasteiger partial charge in [-0.1, -0.05) is 12.8 Å². The molecule has 0 spiro atoms. The molecule has 2 atom stereocenters. The summed E-state index contributed by atoms with van der Waals surface area (Å²) in [5, 5.41) is 3.23. The Balaban J connectivity index is 1.75. The molecule has 1 saturated carbocycles. The first-order valence-electron chi connectivity index (χ1n) is 7.47. The number of fused-ring (bicyclic) bond motifs is 1. The van der Waals surface area contributed by atoms with Crippen LogP contribution in [0.4, 0.5) is 0 Å². The maximum Gasteiger partial charge on any atom is 0.249 e. The Bertz CT molecular complexity index is 367. The first-order valence-corrected chi connectivity index (χ1v) is 7.47. The molecule has 3 fully saturated rings. The first kappa shape index (κ1) is 12.2. The Labute approximate surface area is 110 Å². The SMILES string of the molecule is CC(C(=O)N1CCCC2CCCCC21)=C1CNC1. The van der Waals surface area contributed by atoms with Gasteiger partial charge in [0.2, 0.25) is 5.91 Å². The van der Waals surface area contributed by atoms with Crippen LogP contribution in [0.15, 0.2) is 11.1 Å².